The molecule has 2 nitrogen and oxygen atoms in total. The summed E-state index contributed by atoms with van der Waals surface area (Å²) in [7, 11) is 0. The van der Waals surface area contributed by atoms with Crippen LogP contribution in [0.4, 0.5) is 13.2 Å². The van der Waals surface area contributed by atoms with Crippen LogP contribution in [0.5, 0.6) is 11.5 Å². The Morgan fingerprint density at radius 2 is 1.86 bits per heavy atom. The third-order valence-corrected chi connectivity index (χ3v) is 1.26. The second-order valence-electron chi connectivity index (χ2n) is 2.31. The molecule has 14 heavy (non-hydrogen) atoms. The Hall–Kier alpha value is -1.65. The maximum Gasteiger partial charge on any atom is 0.573 e. The van der Waals surface area contributed by atoms with Crippen molar-refractivity contribution in [2.45, 2.75) is 6.36 Å². The molecular formula is C9H7F3O2. The van der Waals surface area contributed by atoms with Gasteiger partial charge >= 0.3 is 6.36 Å². The molecule has 0 bridgehead atoms. The minimum Gasteiger partial charge on any atom is -0.465 e. The van der Waals surface area contributed by atoms with Crippen molar-refractivity contribution in [3.8, 4) is 11.5 Å². The molecule has 0 radical (unpaired) electrons. The molecule has 76 valence electrons. The van der Waals surface area contributed by atoms with Crippen molar-refractivity contribution in [3.63, 3.8) is 0 Å². The molecule has 1 aromatic rings. The van der Waals surface area contributed by atoms with Gasteiger partial charge in [-0.25, -0.2) is 0 Å². The molecule has 0 N–H and O–H groups in total. The summed E-state index contributed by atoms with van der Waals surface area (Å²) in [5.74, 6) is -0.0846. The maximum absolute atomic E-state index is 11.8. The Labute approximate surface area is 78.6 Å². The first-order valence-electron chi connectivity index (χ1n) is 3.64. The highest BCUT2D eigenvalue weighted by atomic mass is 19.4. The highest BCUT2D eigenvalue weighted by Gasteiger charge is 2.31. The van der Waals surface area contributed by atoms with Gasteiger partial charge in [-0.05, 0) is 12.1 Å². The van der Waals surface area contributed by atoms with Crippen LogP contribution in [0.1, 0.15) is 0 Å². The van der Waals surface area contributed by atoms with Gasteiger partial charge in [0, 0.05) is 6.07 Å². The van der Waals surface area contributed by atoms with Gasteiger partial charge in [-0.15, -0.1) is 13.2 Å². The lowest BCUT2D eigenvalue weighted by molar-refractivity contribution is -0.274. The Kier molecular flexibility index (Phi) is 3.01. The van der Waals surface area contributed by atoms with E-state index in [0.29, 0.717) is 0 Å². The lowest BCUT2D eigenvalue weighted by Gasteiger charge is -2.09. The topological polar surface area (TPSA) is 18.5 Å². The third-order valence-electron chi connectivity index (χ3n) is 1.26. The van der Waals surface area contributed by atoms with Gasteiger partial charge in [0.1, 0.15) is 11.5 Å². The molecule has 1 rings (SSSR count). The number of ether oxygens (including phenoxy) is 2. The van der Waals surface area contributed by atoms with Crippen LogP contribution in [0.25, 0.3) is 0 Å². The molecule has 0 aliphatic carbocycles. The Morgan fingerprint density at radius 3 is 2.43 bits per heavy atom. The molecule has 0 aromatic heterocycles. The molecule has 1 aromatic carbocycles. The van der Waals surface area contributed by atoms with E-state index < -0.39 is 6.36 Å². The summed E-state index contributed by atoms with van der Waals surface area (Å²) in [6.45, 7) is 3.27. The molecule has 0 unspecified atom stereocenters. The van der Waals surface area contributed by atoms with E-state index in [1.807, 2.05) is 0 Å². The van der Waals surface area contributed by atoms with Gasteiger partial charge in [-0.2, -0.15) is 0 Å². The number of benzene rings is 1. The number of halogens is 3. The molecule has 5 heteroatoms. The zero-order chi connectivity index (χ0) is 10.6. The summed E-state index contributed by atoms with van der Waals surface area (Å²) in [5.41, 5.74) is 0. The molecule has 0 atom stereocenters. The van der Waals surface area contributed by atoms with Gasteiger partial charge in [-0.1, -0.05) is 12.6 Å². The second kappa shape index (κ2) is 4.04. The summed E-state index contributed by atoms with van der Waals surface area (Å²) in [6, 6.07) is 5.18. The maximum atomic E-state index is 11.8. The first kappa shape index (κ1) is 10.4. The molecule has 0 aliphatic heterocycles. The summed E-state index contributed by atoms with van der Waals surface area (Å²) in [4.78, 5) is 0. The molecule has 0 heterocycles. The summed E-state index contributed by atoms with van der Waals surface area (Å²) in [6.07, 6.45) is -3.57. The van der Waals surface area contributed by atoms with Crippen LogP contribution in [0.15, 0.2) is 37.1 Å². The SMILES string of the molecule is C=COc1cccc(OC(F)(F)F)c1. The van der Waals surface area contributed by atoms with Crippen LogP contribution in [-0.2, 0) is 0 Å². The lowest BCUT2D eigenvalue weighted by atomic mass is 10.3. The molecule has 0 amide bonds. The first-order chi connectivity index (χ1) is 6.51. The summed E-state index contributed by atoms with van der Waals surface area (Å²) in [5, 5.41) is 0. The van der Waals surface area contributed by atoms with Gasteiger partial charge in [0.2, 0.25) is 0 Å². The summed E-state index contributed by atoms with van der Waals surface area (Å²) >= 11 is 0. The Bertz CT molecular complexity index is 320. The Morgan fingerprint density at radius 1 is 1.21 bits per heavy atom. The fraction of sp³-hybridized carbons (Fsp3) is 0.111. The van der Waals surface area contributed by atoms with Gasteiger partial charge in [0.15, 0.2) is 0 Å². The lowest BCUT2D eigenvalue weighted by Crippen LogP contribution is -2.16. The van der Waals surface area contributed by atoms with Gasteiger partial charge < -0.3 is 9.47 Å². The van der Waals surface area contributed by atoms with Gasteiger partial charge in [0.05, 0.1) is 6.26 Å². The van der Waals surface area contributed by atoms with Crippen molar-refractivity contribution in [1.29, 1.82) is 0 Å². The van der Waals surface area contributed by atoms with Crippen molar-refractivity contribution >= 4 is 0 Å². The van der Waals surface area contributed by atoms with Crippen LogP contribution in [-0.4, -0.2) is 6.36 Å². The number of alkyl halides is 3. The van der Waals surface area contributed by atoms with Crippen molar-refractivity contribution in [2.75, 3.05) is 0 Å². The number of rotatable bonds is 3. The van der Waals surface area contributed by atoms with E-state index in [1.165, 1.54) is 18.2 Å². The predicted octanol–water partition coefficient (Wildman–Crippen LogP) is 3.11. The Balaban J connectivity index is 2.78. The minimum atomic E-state index is -4.69. The van der Waals surface area contributed by atoms with Crippen LogP contribution in [0.3, 0.4) is 0 Å². The zero-order valence-electron chi connectivity index (χ0n) is 7.04. The molecular weight excluding hydrogens is 197 g/mol. The van der Waals surface area contributed by atoms with Crippen LogP contribution in [0, 0.1) is 0 Å². The average molecular weight is 204 g/mol. The molecule has 0 fully saturated rings. The van der Waals surface area contributed by atoms with Crippen LogP contribution < -0.4 is 9.47 Å². The van der Waals surface area contributed by atoms with E-state index in [1.54, 1.807) is 0 Å². The molecule has 0 spiro atoms. The highest BCUT2D eigenvalue weighted by Crippen LogP contribution is 2.25. The van der Waals surface area contributed by atoms with E-state index in [2.05, 4.69) is 11.3 Å². The van der Waals surface area contributed by atoms with Crippen LogP contribution >= 0.6 is 0 Å². The molecule has 0 saturated heterocycles. The monoisotopic (exact) mass is 204 g/mol. The largest absolute Gasteiger partial charge is 0.573 e. The highest BCUT2D eigenvalue weighted by molar-refractivity contribution is 5.33. The second-order valence-corrected chi connectivity index (χ2v) is 2.31. The van der Waals surface area contributed by atoms with E-state index in [4.69, 9.17) is 4.74 Å². The smallest absolute Gasteiger partial charge is 0.465 e. The van der Waals surface area contributed by atoms with E-state index in [0.717, 1.165) is 12.3 Å². The van der Waals surface area contributed by atoms with E-state index in [9.17, 15) is 13.2 Å². The van der Waals surface area contributed by atoms with Gasteiger partial charge in [0.25, 0.3) is 0 Å². The number of hydrogen-bond donors (Lipinski definition) is 0. The third kappa shape index (κ3) is 3.38. The predicted molar refractivity (Wildman–Crippen MR) is 44.0 cm³/mol. The quantitative estimate of drug-likeness (QED) is 0.704. The van der Waals surface area contributed by atoms with Crippen molar-refractivity contribution in [3.05, 3.63) is 37.1 Å². The standard InChI is InChI=1S/C9H7F3O2/c1-2-13-7-4-3-5-8(6-7)14-9(10,11)12/h2-6H,1H2. The zero-order valence-corrected chi connectivity index (χ0v) is 7.04. The first-order valence-corrected chi connectivity index (χ1v) is 3.64. The normalized spacial score (nSPS) is 10.8. The van der Waals surface area contributed by atoms with Crippen LogP contribution in [0.2, 0.25) is 0 Å². The fourth-order valence-corrected chi connectivity index (χ4v) is 0.841. The average Bonchev–Trinajstić information content (AvgIpc) is 2.02. The minimum absolute atomic E-state index is 0.238. The van der Waals surface area contributed by atoms with E-state index >= 15 is 0 Å². The van der Waals surface area contributed by atoms with Crippen molar-refractivity contribution in [2.24, 2.45) is 0 Å². The van der Waals surface area contributed by atoms with Gasteiger partial charge in [-0.3, -0.25) is 0 Å². The fourth-order valence-electron chi connectivity index (χ4n) is 0.841. The van der Waals surface area contributed by atoms with E-state index in [-0.39, 0.29) is 11.5 Å². The number of hydrogen-bond acceptors (Lipinski definition) is 2. The van der Waals surface area contributed by atoms with Crippen molar-refractivity contribution < 1.29 is 22.6 Å². The molecule has 0 saturated carbocycles. The molecule has 0 aliphatic rings. The summed E-state index contributed by atoms with van der Waals surface area (Å²) < 4.78 is 43.8. The van der Waals surface area contributed by atoms with Crippen molar-refractivity contribution in [1.82, 2.24) is 0 Å².